The molecule has 0 heterocycles. The zero-order valence-corrected chi connectivity index (χ0v) is 10.6. The predicted octanol–water partition coefficient (Wildman–Crippen LogP) is 0.146. The van der Waals surface area contributed by atoms with Crippen molar-refractivity contribution in [3.05, 3.63) is 30.3 Å². The summed E-state index contributed by atoms with van der Waals surface area (Å²) in [6.45, 7) is 0.696. The Morgan fingerprint density at radius 1 is 1.00 bits per heavy atom. The van der Waals surface area contributed by atoms with E-state index in [2.05, 4.69) is 9.26 Å². The first-order valence-electron chi connectivity index (χ1n) is 5.09. The fraction of sp³-hybridized carbons (Fsp3) is 0.400. The van der Waals surface area contributed by atoms with Crippen molar-refractivity contribution in [3.8, 4) is 5.75 Å². The highest BCUT2D eigenvalue weighted by atomic mass is 31.2. The largest absolute Gasteiger partial charge is 0.524 e. The number of ether oxygens (including phenoxy) is 1. The smallest absolute Gasteiger partial charge is 0.404 e. The summed E-state index contributed by atoms with van der Waals surface area (Å²) < 4.78 is 19.2. The molecular weight excluding hydrogens is 263 g/mol. The van der Waals surface area contributed by atoms with Crippen LogP contribution < -0.4 is 4.52 Å². The second-order valence-electron chi connectivity index (χ2n) is 2.95. The molecule has 104 valence electrons. The average molecular weight is 280 g/mol. The first kappa shape index (κ1) is 17.1. The zero-order chi connectivity index (χ0) is 13.9. The van der Waals surface area contributed by atoms with E-state index in [9.17, 15) is 4.57 Å². The Bertz CT molecular complexity index is 333. The lowest BCUT2D eigenvalue weighted by atomic mass is 10.3. The number of phosphoric ester groups is 1. The summed E-state index contributed by atoms with van der Waals surface area (Å²) >= 11 is 0. The SMILES string of the molecule is O=P(O)(O)Oc1ccccc1.OCCOCCO. The zero-order valence-electron chi connectivity index (χ0n) is 9.68. The highest BCUT2D eigenvalue weighted by molar-refractivity contribution is 7.46. The second-order valence-corrected chi connectivity index (χ2v) is 4.12. The van der Waals surface area contributed by atoms with Crippen molar-refractivity contribution in [1.29, 1.82) is 0 Å². The first-order chi connectivity index (χ1) is 8.49. The number of hydrogen-bond acceptors (Lipinski definition) is 5. The Morgan fingerprint density at radius 2 is 1.50 bits per heavy atom. The van der Waals surface area contributed by atoms with Crippen molar-refractivity contribution in [3.63, 3.8) is 0 Å². The summed E-state index contributed by atoms with van der Waals surface area (Å²) in [7, 11) is -4.39. The van der Waals surface area contributed by atoms with Crippen LogP contribution in [0, 0.1) is 0 Å². The Kier molecular flexibility index (Phi) is 9.49. The maximum Gasteiger partial charge on any atom is 0.524 e. The van der Waals surface area contributed by atoms with Gasteiger partial charge in [-0.1, -0.05) is 18.2 Å². The average Bonchev–Trinajstić information content (AvgIpc) is 2.30. The highest BCUT2D eigenvalue weighted by Gasteiger charge is 2.14. The third-order valence-electron chi connectivity index (χ3n) is 1.44. The van der Waals surface area contributed by atoms with Gasteiger partial charge in [0.05, 0.1) is 26.4 Å². The van der Waals surface area contributed by atoms with Crippen molar-refractivity contribution >= 4 is 7.82 Å². The van der Waals surface area contributed by atoms with Gasteiger partial charge in [0, 0.05) is 0 Å². The molecule has 0 aromatic heterocycles. The predicted molar refractivity (Wildman–Crippen MR) is 64.1 cm³/mol. The van der Waals surface area contributed by atoms with Gasteiger partial charge in [-0.05, 0) is 12.1 Å². The van der Waals surface area contributed by atoms with Crippen LogP contribution >= 0.6 is 7.82 Å². The van der Waals surface area contributed by atoms with Crippen molar-refractivity contribution in [2.24, 2.45) is 0 Å². The van der Waals surface area contributed by atoms with Crippen molar-refractivity contribution in [2.75, 3.05) is 26.4 Å². The molecule has 0 bridgehead atoms. The van der Waals surface area contributed by atoms with Crippen molar-refractivity contribution < 1.29 is 33.8 Å². The number of aliphatic hydroxyl groups excluding tert-OH is 2. The van der Waals surface area contributed by atoms with Crippen LogP contribution in [0.3, 0.4) is 0 Å². The summed E-state index contributed by atoms with van der Waals surface area (Å²) in [5, 5.41) is 16.2. The van der Waals surface area contributed by atoms with Gasteiger partial charge in [0.1, 0.15) is 5.75 Å². The minimum Gasteiger partial charge on any atom is -0.404 e. The summed E-state index contributed by atoms with van der Waals surface area (Å²) in [5.74, 6) is 0.167. The van der Waals surface area contributed by atoms with Crippen LogP contribution in [0.4, 0.5) is 0 Å². The highest BCUT2D eigenvalue weighted by Crippen LogP contribution is 2.36. The van der Waals surface area contributed by atoms with Gasteiger partial charge in [0.15, 0.2) is 0 Å². The van der Waals surface area contributed by atoms with E-state index in [0.29, 0.717) is 13.2 Å². The molecule has 0 fully saturated rings. The Balaban J connectivity index is 0.000000360. The maximum atomic E-state index is 10.3. The van der Waals surface area contributed by atoms with E-state index in [0.717, 1.165) is 0 Å². The molecule has 1 rings (SSSR count). The summed E-state index contributed by atoms with van der Waals surface area (Å²) in [6, 6.07) is 7.93. The summed E-state index contributed by atoms with van der Waals surface area (Å²) in [5.41, 5.74) is 0. The Labute approximate surface area is 105 Å². The van der Waals surface area contributed by atoms with Gasteiger partial charge in [-0.25, -0.2) is 4.57 Å². The number of aliphatic hydroxyl groups is 2. The maximum absolute atomic E-state index is 10.3. The molecule has 0 aliphatic rings. The van der Waals surface area contributed by atoms with Gasteiger partial charge in [-0.15, -0.1) is 0 Å². The van der Waals surface area contributed by atoms with E-state index in [-0.39, 0.29) is 19.0 Å². The molecule has 0 aliphatic carbocycles. The Morgan fingerprint density at radius 3 is 1.89 bits per heavy atom. The van der Waals surface area contributed by atoms with Gasteiger partial charge in [0.2, 0.25) is 0 Å². The van der Waals surface area contributed by atoms with Gasteiger partial charge >= 0.3 is 7.82 Å². The van der Waals surface area contributed by atoms with Crippen LogP contribution in [0.1, 0.15) is 0 Å². The number of rotatable bonds is 6. The normalized spacial score (nSPS) is 10.4. The number of benzene rings is 1. The van der Waals surface area contributed by atoms with E-state index < -0.39 is 7.82 Å². The van der Waals surface area contributed by atoms with Crippen molar-refractivity contribution in [1.82, 2.24) is 0 Å². The summed E-state index contributed by atoms with van der Waals surface area (Å²) in [6.07, 6.45) is 0. The van der Waals surface area contributed by atoms with Gasteiger partial charge in [0.25, 0.3) is 0 Å². The lowest BCUT2D eigenvalue weighted by molar-refractivity contribution is 0.0650. The fourth-order valence-corrected chi connectivity index (χ4v) is 1.25. The molecule has 8 heteroatoms. The molecule has 1 aromatic carbocycles. The van der Waals surface area contributed by atoms with Crippen LogP contribution in [0.2, 0.25) is 0 Å². The minimum atomic E-state index is -4.39. The molecule has 0 aliphatic heterocycles. The molecule has 4 N–H and O–H groups in total. The van der Waals surface area contributed by atoms with Crippen LogP contribution in [-0.2, 0) is 9.30 Å². The molecule has 0 saturated heterocycles. The van der Waals surface area contributed by atoms with E-state index in [1.807, 2.05) is 0 Å². The van der Waals surface area contributed by atoms with E-state index in [1.165, 1.54) is 12.1 Å². The quantitative estimate of drug-likeness (QED) is 0.432. The molecule has 0 radical (unpaired) electrons. The standard InChI is InChI=1S/C6H7O4P.C4H10O3/c7-11(8,9)10-6-4-2-1-3-5-6;5-1-3-7-4-2-6/h1-5H,(H2,7,8,9);5-6H,1-4H2. The molecule has 7 nitrogen and oxygen atoms in total. The van der Waals surface area contributed by atoms with Crippen LogP contribution in [-0.4, -0.2) is 46.4 Å². The van der Waals surface area contributed by atoms with Gasteiger partial charge in [-0.2, -0.15) is 0 Å². The lowest BCUT2D eigenvalue weighted by Crippen LogP contribution is -2.03. The Hall–Kier alpha value is -0.950. The molecule has 18 heavy (non-hydrogen) atoms. The van der Waals surface area contributed by atoms with E-state index in [4.69, 9.17) is 20.0 Å². The molecular formula is C10H17O7P. The number of para-hydroxylation sites is 1. The van der Waals surface area contributed by atoms with Crippen LogP contribution in [0.15, 0.2) is 30.3 Å². The molecule has 0 unspecified atom stereocenters. The minimum absolute atomic E-state index is 0.0278. The van der Waals surface area contributed by atoms with Gasteiger partial charge in [-0.3, -0.25) is 9.79 Å². The lowest BCUT2D eigenvalue weighted by Gasteiger charge is -2.04. The molecule has 0 atom stereocenters. The monoisotopic (exact) mass is 280 g/mol. The summed E-state index contributed by atoms with van der Waals surface area (Å²) in [4.78, 5) is 16.7. The molecule has 1 aromatic rings. The molecule has 0 spiro atoms. The number of phosphoric acid groups is 1. The second kappa shape index (κ2) is 10.0. The molecule has 0 saturated carbocycles. The first-order valence-corrected chi connectivity index (χ1v) is 6.62. The molecule has 0 amide bonds. The van der Waals surface area contributed by atoms with E-state index >= 15 is 0 Å². The van der Waals surface area contributed by atoms with Crippen LogP contribution in [0.5, 0.6) is 5.75 Å². The number of hydrogen-bond donors (Lipinski definition) is 4. The van der Waals surface area contributed by atoms with Gasteiger partial charge < -0.3 is 19.5 Å². The topological polar surface area (TPSA) is 116 Å². The fourth-order valence-electron chi connectivity index (χ4n) is 0.850. The van der Waals surface area contributed by atoms with E-state index in [1.54, 1.807) is 18.2 Å². The van der Waals surface area contributed by atoms with Crippen molar-refractivity contribution in [2.45, 2.75) is 0 Å². The third kappa shape index (κ3) is 11.5. The third-order valence-corrected chi connectivity index (χ3v) is 1.89. The van der Waals surface area contributed by atoms with Crippen LogP contribution in [0.25, 0.3) is 0 Å².